The highest BCUT2D eigenvalue weighted by Crippen LogP contribution is 2.15. The molecule has 0 aliphatic rings. The molecular formula is C13H14BrN3. The molecule has 1 aromatic carbocycles. The molecule has 0 aliphatic heterocycles. The van der Waals surface area contributed by atoms with Gasteiger partial charge in [0.2, 0.25) is 0 Å². The minimum Gasteiger partial charge on any atom is -0.397 e. The predicted octanol–water partition coefficient (Wildman–Crippen LogP) is 3.06. The summed E-state index contributed by atoms with van der Waals surface area (Å²) < 4.78 is 1.09. The minimum absolute atomic E-state index is 0.686. The number of benzene rings is 1. The predicted molar refractivity (Wildman–Crippen MR) is 74.9 cm³/mol. The summed E-state index contributed by atoms with van der Waals surface area (Å²) in [5, 5.41) is 0. The molecule has 0 saturated carbocycles. The monoisotopic (exact) mass is 291 g/mol. The van der Waals surface area contributed by atoms with E-state index in [-0.39, 0.29) is 0 Å². The second-order valence-corrected chi connectivity index (χ2v) is 4.85. The molecule has 0 fully saturated rings. The average molecular weight is 292 g/mol. The third-order valence-corrected chi connectivity index (χ3v) is 3.02. The third-order valence-electron chi connectivity index (χ3n) is 2.49. The van der Waals surface area contributed by atoms with Crippen molar-refractivity contribution in [3.05, 3.63) is 52.6 Å². The van der Waals surface area contributed by atoms with E-state index in [2.05, 4.69) is 37.9 Å². The summed E-state index contributed by atoms with van der Waals surface area (Å²) in [7, 11) is 2.01. The van der Waals surface area contributed by atoms with Gasteiger partial charge >= 0.3 is 0 Å². The molecule has 0 saturated heterocycles. The SMILES string of the molecule is CN(Cc1ccc(Br)cc1)c1ccc(N)cn1. The molecule has 0 atom stereocenters. The molecule has 0 bridgehead atoms. The average Bonchev–Trinajstić information content (AvgIpc) is 2.33. The van der Waals surface area contributed by atoms with E-state index in [0.29, 0.717) is 5.69 Å². The fourth-order valence-corrected chi connectivity index (χ4v) is 1.83. The van der Waals surface area contributed by atoms with Crippen LogP contribution >= 0.6 is 15.9 Å². The number of halogens is 1. The molecule has 2 rings (SSSR count). The van der Waals surface area contributed by atoms with Gasteiger partial charge in [-0.3, -0.25) is 0 Å². The van der Waals surface area contributed by atoms with E-state index in [1.165, 1.54) is 5.56 Å². The number of anilines is 2. The second-order valence-electron chi connectivity index (χ2n) is 3.93. The van der Waals surface area contributed by atoms with Crippen molar-refractivity contribution in [3.8, 4) is 0 Å². The Labute approximate surface area is 109 Å². The Kier molecular flexibility index (Phi) is 3.64. The van der Waals surface area contributed by atoms with Crippen molar-refractivity contribution in [2.45, 2.75) is 6.54 Å². The summed E-state index contributed by atoms with van der Waals surface area (Å²) in [5.41, 5.74) is 7.54. The molecule has 2 aromatic rings. The zero-order valence-corrected chi connectivity index (χ0v) is 11.2. The fourth-order valence-electron chi connectivity index (χ4n) is 1.57. The van der Waals surface area contributed by atoms with Gasteiger partial charge in [0.05, 0.1) is 11.9 Å². The standard InChI is InChI=1S/C13H14BrN3/c1-17(13-7-6-12(15)8-16-13)9-10-2-4-11(14)5-3-10/h2-8H,9,15H2,1H3. The molecular weight excluding hydrogens is 278 g/mol. The molecule has 2 N–H and O–H groups in total. The van der Waals surface area contributed by atoms with Crippen LogP contribution in [0.15, 0.2) is 47.1 Å². The van der Waals surface area contributed by atoms with Gasteiger partial charge in [0, 0.05) is 18.1 Å². The number of nitrogens with zero attached hydrogens (tertiary/aromatic N) is 2. The third kappa shape index (κ3) is 3.20. The molecule has 3 nitrogen and oxygen atoms in total. The highest BCUT2D eigenvalue weighted by Gasteiger charge is 2.03. The van der Waals surface area contributed by atoms with Gasteiger partial charge in [-0.15, -0.1) is 0 Å². The van der Waals surface area contributed by atoms with Crippen LogP contribution in [-0.2, 0) is 6.54 Å². The van der Waals surface area contributed by atoms with E-state index in [0.717, 1.165) is 16.8 Å². The first kappa shape index (κ1) is 11.9. The van der Waals surface area contributed by atoms with Gasteiger partial charge in [0.25, 0.3) is 0 Å². The lowest BCUT2D eigenvalue weighted by Crippen LogP contribution is -2.17. The normalized spacial score (nSPS) is 10.2. The lowest BCUT2D eigenvalue weighted by atomic mass is 10.2. The highest BCUT2D eigenvalue weighted by atomic mass is 79.9. The van der Waals surface area contributed by atoms with Crippen molar-refractivity contribution in [2.75, 3.05) is 17.7 Å². The van der Waals surface area contributed by atoms with Crippen molar-refractivity contribution < 1.29 is 0 Å². The number of rotatable bonds is 3. The van der Waals surface area contributed by atoms with Crippen LogP contribution in [-0.4, -0.2) is 12.0 Å². The van der Waals surface area contributed by atoms with Gasteiger partial charge < -0.3 is 10.6 Å². The van der Waals surface area contributed by atoms with E-state index in [9.17, 15) is 0 Å². The van der Waals surface area contributed by atoms with E-state index >= 15 is 0 Å². The Hall–Kier alpha value is -1.55. The molecule has 0 spiro atoms. The number of aromatic nitrogens is 1. The summed E-state index contributed by atoms with van der Waals surface area (Å²) in [6, 6.07) is 12.1. The number of pyridine rings is 1. The maximum Gasteiger partial charge on any atom is 0.128 e. The topological polar surface area (TPSA) is 42.1 Å². The van der Waals surface area contributed by atoms with Gasteiger partial charge in [-0.25, -0.2) is 4.98 Å². The van der Waals surface area contributed by atoms with E-state index < -0.39 is 0 Å². The Morgan fingerprint density at radius 3 is 2.47 bits per heavy atom. The van der Waals surface area contributed by atoms with Gasteiger partial charge in [-0.05, 0) is 29.8 Å². The highest BCUT2D eigenvalue weighted by molar-refractivity contribution is 9.10. The van der Waals surface area contributed by atoms with Gasteiger partial charge in [0.15, 0.2) is 0 Å². The number of hydrogen-bond donors (Lipinski definition) is 1. The smallest absolute Gasteiger partial charge is 0.128 e. The lowest BCUT2D eigenvalue weighted by molar-refractivity contribution is 0.898. The van der Waals surface area contributed by atoms with Crippen molar-refractivity contribution >= 4 is 27.4 Å². The van der Waals surface area contributed by atoms with Gasteiger partial charge in [-0.1, -0.05) is 28.1 Å². The number of hydrogen-bond acceptors (Lipinski definition) is 3. The van der Waals surface area contributed by atoms with E-state index in [4.69, 9.17) is 5.73 Å². The van der Waals surface area contributed by atoms with Crippen LogP contribution in [0.5, 0.6) is 0 Å². The summed E-state index contributed by atoms with van der Waals surface area (Å²) in [6.45, 7) is 0.824. The Morgan fingerprint density at radius 2 is 1.88 bits per heavy atom. The van der Waals surface area contributed by atoms with Crippen molar-refractivity contribution in [1.82, 2.24) is 4.98 Å². The first-order valence-corrected chi connectivity index (χ1v) is 6.11. The first-order valence-electron chi connectivity index (χ1n) is 5.32. The first-order chi connectivity index (χ1) is 8.15. The molecule has 17 heavy (non-hydrogen) atoms. The van der Waals surface area contributed by atoms with Crippen LogP contribution in [0.2, 0.25) is 0 Å². The quantitative estimate of drug-likeness (QED) is 0.945. The van der Waals surface area contributed by atoms with Crippen LogP contribution in [0, 0.1) is 0 Å². The molecule has 88 valence electrons. The molecule has 0 aliphatic carbocycles. The van der Waals surface area contributed by atoms with Crippen molar-refractivity contribution in [1.29, 1.82) is 0 Å². The maximum absolute atomic E-state index is 5.61. The summed E-state index contributed by atoms with van der Waals surface area (Å²) >= 11 is 3.42. The molecule has 0 unspecified atom stereocenters. The summed E-state index contributed by atoms with van der Waals surface area (Å²) in [5.74, 6) is 0.919. The molecule has 0 amide bonds. The Morgan fingerprint density at radius 1 is 1.18 bits per heavy atom. The lowest BCUT2D eigenvalue weighted by Gasteiger charge is -2.18. The number of nitrogen functional groups attached to an aromatic ring is 1. The van der Waals surface area contributed by atoms with Crippen molar-refractivity contribution in [2.24, 2.45) is 0 Å². The van der Waals surface area contributed by atoms with Crippen LogP contribution in [0.25, 0.3) is 0 Å². The Bertz CT molecular complexity index is 479. The van der Waals surface area contributed by atoms with Crippen LogP contribution in [0.3, 0.4) is 0 Å². The van der Waals surface area contributed by atoms with Crippen molar-refractivity contribution in [3.63, 3.8) is 0 Å². The molecule has 0 radical (unpaired) electrons. The minimum atomic E-state index is 0.686. The van der Waals surface area contributed by atoms with Gasteiger partial charge in [-0.2, -0.15) is 0 Å². The maximum atomic E-state index is 5.61. The molecule has 4 heteroatoms. The number of nitrogens with two attached hydrogens (primary N) is 1. The zero-order chi connectivity index (χ0) is 12.3. The largest absolute Gasteiger partial charge is 0.397 e. The molecule has 1 heterocycles. The van der Waals surface area contributed by atoms with E-state index in [1.807, 2.05) is 31.3 Å². The molecule has 1 aromatic heterocycles. The van der Waals surface area contributed by atoms with E-state index in [1.54, 1.807) is 6.20 Å². The second kappa shape index (κ2) is 5.19. The zero-order valence-electron chi connectivity index (χ0n) is 9.60. The fraction of sp³-hybridized carbons (Fsp3) is 0.154. The van der Waals surface area contributed by atoms with Crippen LogP contribution in [0.4, 0.5) is 11.5 Å². The van der Waals surface area contributed by atoms with Crippen LogP contribution < -0.4 is 10.6 Å². The van der Waals surface area contributed by atoms with Gasteiger partial charge in [0.1, 0.15) is 5.82 Å². The van der Waals surface area contributed by atoms with Crippen LogP contribution in [0.1, 0.15) is 5.56 Å². The summed E-state index contributed by atoms with van der Waals surface area (Å²) in [6.07, 6.45) is 1.67. The summed E-state index contributed by atoms with van der Waals surface area (Å²) in [4.78, 5) is 6.37. The Balaban J connectivity index is 2.08.